The van der Waals surface area contributed by atoms with Crippen LogP contribution < -0.4 is 4.72 Å². The van der Waals surface area contributed by atoms with E-state index >= 15 is 0 Å². The number of ether oxygens (including phenoxy) is 1. The minimum atomic E-state index is -4.20. The fraction of sp³-hybridized carbons (Fsp3) is 0.105. The first-order valence-corrected chi connectivity index (χ1v) is 12.6. The van der Waals surface area contributed by atoms with Crippen LogP contribution in [0.3, 0.4) is 0 Å². The Labute approximate surface area is 182 Å². The van der Waals surface area contributed by atoms with Gasteiger partial charge in [-0.15, -0.1) is 0 Å². The lowest BCUT2D eigenvalue weighted by molar-refractivity contribution is 0.0600. The van der Waals surface area contributed by atoms with Gasteiger partial charge in [0, 0.05) is 23.1 Å². The van der Waals surface area contributed by atoms with Gasteiger partial charge in [-0.2, -0.15) is 0 Å². The first kappa shape index (κ1) is 22.1. The summed E-state index contributed by atoms with van der Waals surface area (Å²) in [5.41, 5.74) is 0.539. The topological polar surface area (TPSA) is 112 Å². The number of halogens is 1. The number of nitrogens with one attached hydrogen (secondary N) is 1. The van der Waals surface area contributed by atoms with E-state index in [0.29, 0.717) is 5.69 Å². The molecule has 0 aliphatic heterocycles. The molecule has 3 rings (SSSR count). The van der Waals surface area contributed by atoms with E-state index in [1.54, 1.807) is 29.1 Å². The summed E-state index contributed by atoms with van der Waals surface area (Å²) in [5, 5.41) is 0. The lowest BCUT2D eigenvalue weighted by Gasteiger charge is -2.16. The van der Waals surface area contributed by atoms with Crippen LogP contribution in [0.5, 0.6) is 0 Å². The predicted octanol–water partition coefficient (Wildman–Crippen LogP) is 3.23. The largest absolute Gasteiger partial charge is 0.465 e. The molecule has 3 aromatic rings. The zero-order chi connectivity index (χ0) is 22.1. The Kier molecular flexibility index (Phi) is 6.06. The molecule has 11 heteroatoms. The molecule has 158 valence electrons. The van der Waals surface area contributed by atoms with Crippen LogP contribution in [0.2, 0.25) is 0 Å². The summed E-state index contributed by atoms with van der Waals surface area (Å²) in [7, 11) is -6.58. The van der Waals surface area contributed by atoms with E-state index < -0.39 is 25.8 Å². The van der Waals surface area contributed by atoms with Crippen LogP contribution in [-0.4, -0.2) is 40.7 Å². The van der Waals surface area contributed by atoms with Gasteiger partial charge in [-0.25, -0.2) is 21.6 Å². The molecule has 0 unspecified atom stereocenters. The van der Waals surface area contributed by atoms with Crippen LogP contribution in [0.1, 0.15) is 10.4 Å². The van der Waals surface area contributed by atoms with Crippen molar-refractivity contribution in [3.8, 4) is 5.69 Å². The first-order chi connectivity index (χ1) is 14.0. The van der Waals surface area contributed by atoms with E-state index in [9.17, 15) is 21.6 Å². The van der Waals surface area contributed by atoms with E-state index in [-0.39, 0.29) is 25.5 Å². The Morgan fingerprint density at radius 1 is 1.03 bits per heavy atom. The smallest absolute Gasteiger partial charge is 0.337 e. The molecule has 1 N–H and O–H groups in total. The van der Waals surface area contributed by atoms with Crippen LogP contribution >= 0.6 is 15.9 Å². The third-order valence-corrected chi connectivity index (χ3v) is 7.63. The van der Waals surface area contributed by atoms with E-state index in [1.165, 1.54) is 43.5 Å². The van der Waals surface area contributed by atoms with Gasteiger partial charge >= 0.3 is 5.97 Å². The average Bonchev–Trinajstić information content (AvgIpc) is 3.21. The maximum atomic E-state index is 13.1. The highest BCUT2D eigenvalue weighted by Gasteiger charge is 2.23. The second-order valence-electron chi connectivity index (χ2n) is 6.28. The number of hydrogen-bond acceptors (Lipinski definition) is 6. The molecule has 0 saturated carbocycles. The minimum Gasteiger partial charge on any atom is -0.465 e. The molecule has 8 nitrogen and oxygen atoms in total. The van der Waals surface area contributed by atoms with Gasteiger partial charge in [-0.05, 0) is 64.5 Å². The van der Waals surface area contributed by atoms with Gasteiger partial charge in [-0.3, -0.25) is 4.72 Å². The van der Waals surface area contributed by atoms with Crippen molar-refractivity contribution in [3.05, 3.63) is 71.0 Å². The summed E-state index contributed by atoms with van der Waals surface area (Å²) in [6.45, 7) is 0. The molecule has 0 bridgehead atoms. The van der Waals surface area contributed by atoms with E-state index in [4.69, 9.17) is 0 Å². The Morgan fingerprint density at radius 2 is 1.70 bits per heavy atom. The number of sulfonamides is 1. The lowest BCUT2D eigenvalue weighted by atomic mass is 10.2. The number of sulfone groups is 1. The number of carbonyl (C=O) groups is 1. The highest BCUT2D eigenvalue weighted by Crippen LogP contribution is 2.30. The predicted molar refractivity (Wildman–Crippen MR) is 115 cm³/mol. The van der Waals surface area contributed by atoms with Gasteiger partial charge in [-0.1, -0.05) is 0 Å². The monoisotopic (exact) mass is 512 g/mol. The van der Waals surface area contributed by atoms with Gasteiger partial charge < -0.3 is 9.30 Å². The van der Waals surface area contributed by atoms with E-state index in [1.807, 2.05) is 0 Å². The SMILES string of the molecule is COC(=O)c1ccc(Br)c(S(=O)(=O)Nc2cc(S(C)(=O)=O)ccc2-n2cccc2)c1. The minimum absolute atomic E-state index is 0.0431. The first-order valence-electron chi connectivity index (χ1n) is 8.41. The van der Waals surface area contributed by atoms with Crippen LogP contribution in [0.25, 0.3) is 5.69 Å². The van der Waals surface area contributed by atoms with E-state index in [2.05, 4.69) is 25.4 Å². The molecule has 0 amide bonds. The number of esters is 1. The molecule has 30 heavy (non-hydrogen) atoms. The maximum absolute atomic E-state index is 13.1. The molecule has 1 heterocycles. The molecule has 0 spiro atoms. The van der Waals surface area contributed by atoms with Crippen molar-refractivity contribution in [1.82, 2.24) is 4.57 Å². The van der Waals surface area contributed by atoms with Crippen molar-refractivity contribution in [2.24, 2.45) is 0 Å². The standard InChI is InChI=1S/C19H17BrN2O6S2/c1-28-19(23)13-5-7-15(20)18(11-13)30(26,27)21-16-12-14(29(2,24)25)6-8-17(16)22-9-3-4-10-22/h3-12,21H,1-2H3. The highest BCUT2D eigenvalue weighted by atomic mass is 79.9. The summed E-state index contributed by atoms with van der Waals surface area (Å²) < 4.78 is 59.1. The Balaban J connectivity index is 2.14. The lowest BCUT2D eigenvalue weighted by Crippen LogP contribution is -2.16. The summed E-state index contributed by atoms with van der Waals surface area (Å²) in [4.78, 5) is 11.6. The third-order valence-electron chi connectivity index (χ3n) is 4.16. The van der Waals surface area contributed by atoms with Crippen molar-refractivity contribution < 1.29 is 26.4 Å². The quantitative estimate of drug-likeness (QED) is 0.507. The van der Waals surface area contributed by atoms with Crippen LogP contribution in [0.4, 0.5) is 5.69 Å². The second-order valence-corrected chi connectivity index (χ2v) is 10.8. The Bertz CT molecular complexity index is 1320. The molecule has 2 aromatic carbocycles. The van der Waals surface area contributed by atoms with Crippen molar-refractivity contribution in [2.75, 3.05) is 18.1 Å². The maximum Gasteiger partial charge on any atom is 0.337 e. The van der Waals surface area contributed by atoms with Crippen molar-refractivity contribution in [1.29, 1.82) is 0 Å². The highest BCUT2D eigenvalue weighted by molar-refractivity contribution is 9.10. The Morgan fingerprint density at radius 3 is 2.30 bits per heavy atom. The molecule has 0 saturated heterocycles. The molecular formula is C19H17BrN2O6S2. The summed E-state index contributed by atoms with van der Waals surface area (Å²) in [5.74, 6) is -0.689. The third kappa shape index (κ3) is 4.58. The van der Waals surface area contributed by atoms with Gasteiger partial charge in [0.05, 0.1) is 28.9 Å². The molecular weight excluding hydrogens is 496 g/mol. The van der Waals surface area contributed by atoms with Crippen molar-refractivity contribution in [2.45, 2.75) is 9.79 Å². The second kappa shape index (κ2) is 8.25. The number of benzene rings is 2. The molecule has 0 atom stereocenters. The van der Waals surface area contributed by atoms with Crippen LogP contribution in [-0.2, 0) is 24.6 Å². The van der Waals surface area contributed by atoms with Gasteiger partial charge in [0.25, 0.3) is 10.0 Å². The zero-order valence-corrected chi connectivity index (χ0v) is 19.1. The zero-order valence-electron chi connectivity index (χ0n) is 15.9. The number of aromatic nitrogens is 1. The molecule has 0 radical (unpaired) electrons. The number of nitrogens with zero attached hydrogens (tertiary/aromatic N) is 1. The van der Waals surface area contributed by atoms with Crippen molar-refractivity contribution >= 4 is 47.4 Å². The number of methoxy groups -OCH3 is 1. The number of carbonyl (C=O) groups excluding carboxylic acids is 1. The Hall–Kier alpha value is -2.63. The van der Waals surface area contributed by atoms with Crippen LogP contribution in [0, 0.1) is 0 Å². The van der Waals surface area contributed by atoms with Gasteiger partial charge in [0.15, 0.2) is 9.84 Å². The summed E-state index contributed by atoms with van der Waals surface area (Å²) >= 11 is 3.18. The van der Waals surface area contributed by atoms with Gasteiger partial charge in [0.2, 0.25) is 0 Å². The number of hydrogen-bond donors (Lipinski definition) is 1. The normalized spacial score (nSPS) is 11.8. The number of anilines is 1. The molecule has 0 aliphatic carbocycles. The average molecular weight is 513 g/mol. The molecule has 1 aromatic heterocycles. The fourth-order valence-corrected chi connectivity index (χ4v) is 5.40. The molecule has 0 aliphatic rings. The van der Waals surface area contributed by atoms with E-state index in [0.717, 1.165) is 6.26 Å². The molecule has 0 fully saturated rings. The summed E-state index contributed by atoms with van der Waals surface area (Å²) in [6, 6.07) is 11.7. The van der Waals surface area contributed by atoms with Crippen LogP contribution in [0.15, 0.2) is 75.2 Å². The number of rotatable bonds is 6. The summed E-state index contributed by atoms with van der Waals surface area (Å²) in [6.07, 6.45) is 4.43. The van der Waals surface area contributed by atoms with Gasteiger partial charge in [0.1, 0.15) is 4.90 Å². The fourth-order valence-electron chi connectivity index (χ4n) is 2.70. The van der Waals surface area contributed by atoms with Crippen molar-refractivity contribution in [3.63, 3.8) is 0 Å².